The van der Waals surface area contributed by atoms with Gasteiger partial charge in [-0.25, -0.2) is 4.68 Å². The van der Waals surface area contributed by atoms with Gasteiger partial charge in [0.25, 0.3) is 0 Å². The molecule has 6 heteroatoms. The molecule has 0 radical (unpaired) electrons. The van der Waals surface area contributed by atoms with Gasteiger partial charge in [-0.05, 0) is 17.7 Å². The predicted molar refractivity (Wildman–Crippen MR) is 61.5 cm³/mol. The fourth-order valence-electron chi connectivity index (χ4n) is 1.34. The van der Waals surface area contributed by atoms with Crippen LogP contribution in [0.5, 0.6) is 6.01 Å². The van der Waals surface area contributed by atoms with Crippen molar-refractivity contribution < 1.29 is 4.74 Å². The number of rotatable bonds is 3. The predicted octanol–water partition coefficient (Wildman–Crippen LogP) is 1.57. The lowest BCUT2D eigenvalue weighted by Crippen LogP contribution is -2.06. The zero-order chi connectivity index (χ0) is 11.5. The first-order chi connectivity index (χ1) is 7.69. The Hall–Kier alpha value is -1.75. The normalized spacial score (nSPS) is 10.4. The molecule has 0 saturated carbocycles. The number of nitrogen functional groups attached to an aromatic ring is 1. The summed E-state index contributed by atoms with van der Waals surface area (Å²) in [5.41, 5.74) is 6.69. The van der Waals surface area contributed by atoms with Gasteiger partial charge in [-0.1, -0.05) is 23.7 Å². The largest absolute Gasteiger partial charge is 0.466 e. The second-order valence-electron chi connectivity index (χ2n) is 3.24. The first kappa shape index (κ1) is 10.8. The van der Waals surface area contributed by atoms with Crippen LogP contribution in [0.15, 0.2) is 24.3 Å². The molecule has 16 heavy (non-hydrogen) atoms. The molecule has 0 aliphatic rings. The Morgan fingerprint density at radius 2 is 2.31 bits per heavy atom. The van der Waals surface area contributed by atoms with E-state index < -0.39 is 0 Å². The van der Waals surface area contributed by atoms with Crippen LogP contribution in [0.2, 0.25) is 5.02 Å². The van der Waals surface area contributed by atoms with Crippen molar-refractivity contribution in [3.8, 4) is 6.01 Å². The number of halogens is 1. The van der Waals surface area contributed by atoms with Crippen molar-refractivity contribution in [2.75, 3.05) is 12.8 Å². The molecule has 0 spiro atoms. The molecule has 0 atom stereocenters. The molecule has 0 amide bonds. The summed E-state index contributed by atoms with van der Waals surface area (Å²) in [6, 6.07) is 7.76. The Balaban J connectivity index is 2.23. The highest BCUT2D eigenvalue weighted by atomic mass is 35.5. The van der Waals surface area contributed by atoms with Gasteiger partial charge in [-0.3, -0.25) is 0 Å². The molecule has 2 N–H and O–H groups in total. The highest BCUT2D eigenvalue weighted by Gasteiger charge is 2.07. The number of nitrogens with two attached hydrogens (primary N) is 1. The van der Waals surface area contributed by atoms with Gasteiger partial charge in [0.05, 0.1) is 13.7 Å². The Kier molecular flexibility index (Phi) is 2.96. The van der Waals surface area contributed by atoms with Crippen molar-refractivity contribution in [1.29, 1.82) is 0 Å². The van der Waals surface area contributed by atoms with E-state index in [1.54, 1.807) is 4.68 Å². The average Bonchev–Trinajstić information content (AvgIpc) is 2.60. The molecule has 0 aliphatic carbocycles. The molecule has 2 aromatic rings. The van der Waals surface area contributed by atoms with Crippen molar-refractivity contribution >= 4 is 17.5 Å². The van der Waals surface area contributed by atoms with Crippen LogP contribution < -0.4 is 10.5 Å². The summed E-state index contributed by atoms with van der Waals surface area (Å²) in [6.07, 6.45) is 0. The van der Waals surface area contributed by atoms with Crippen LogP contribution >= 0.6 is 11.6 Å². The van der Waals surface area contributed by atoms with Gasteiger partial charge in [0.2, 0.25) is 5.95 Å². The SMILES string of the molecule is COc1nc(N)n(Cc2cccc(Cl)c2)n1. The molecule has 5 nitrogen and oxygen atoms in total. The molecule has 1 aromatic heterocycles. The molecule has 0 saturated heterocycles. The molecular formula is C10H11ClN4O. The van der Waals surface area contributed by atoms with Crippen LogP contribution in [0.4, 0.5) is 5.95 Å². The van der Waals surface area contributed by atoms with Crippen molar-refractivity contribution in [1.82, 2.24) is 14.8 Å². The van der Waals surface area contributed by atoms with E-state index in [9.17, 15) is 0 Å². The molecule has 84 valence electrons. The lowest BCUT2D eigenvalue weighted by molar-refractivity contribution is 0.377. The fraction of sp³-hybridized carbons (Fsp3) is 0.200. The maximum Gasteiger partial charge on any atom is 0.337 e. The van der Waals surface area contributed by atoms with Crippen molar-refractivity contribution in [2.45, 2.75) is 6.54 Å². The number of methoxy groups -OCH3 is 1. The Morgan fingerprint density at radius 3 is 2.94 bits per heavy atom. The third-order valence-corrected chi connectivity index (χ3v) is 2.32. The van der Waals surface area contributed by atoms with Crippen molar-refractivity contribution in [2.24, 2.45) is 0 Å². The van der Waals surface area contributed by atoms with E-state index in [2.05, 4.69) is 10.1 Å². The highest BCUT2D eigenvalue weighted by molar-refractivity contribution is 6.30. The topological polar surface area (TPSA) is 66.0 Å². The maximum absolute atomic E-state index is 5.88. The minimum Gasteiger partial charge on any atom is -0.466 e. The van der Waals surface area contributed by atoms with Crippen molar-refractivity contribution in [3.63, 3.8) is 0 Å². The summed E-state index contributed by atoms with van der Waals surface area (Å²) in [4.78, 5) is 3.92. The number of anilines is 1. The molecule has 2 rings (SSSR count). The Bertz CT molecular complexity index is 497. The summed E-state index contributed by atoms with van der Waals surface area (Å²) in [6.45, 7) is 0.517. The maximum atomic E-state index is 5.88. The van der Waals surface area contributed by atoms with Gasteiger partial charge in [0, 0.05) is 5.02 Å². The zero-order valence-electron chi connectivity index (χ0n) is 8.72. The third kappa shape index (κ3) is 2.25. The van der Waals surface area contributed by atoms with Gasteiger partial charge in [-0.15, -0.1) is 5.10 Å². The minimum absolute atomic E-state index is 0.263. The Labute approximate surface area is 97.8 Å². The number of aromatic nitrogens is 3. The van der Waals surface area contributed by atoms with Gasteiger partial charge in [-0.2, -0.15) is 4.98 Å². The molecule has 1 heterocycles. The smallest absolute Gasteiger partial charge is 0.337 e. The van der Waals surface area contributed by atoms with E-state index in [1.165, 1.54) is 7.11 Å². The Morgan fingerprint density at radius 1 is 1.50 bits per heavy atom. The summed E-state index contributed by atoms with van der Waals surface area (Å²) in [5, 5.41) is 4.75. The second-order valence-corrected chi connectivity index (χ2v) is 3.68. The van der Waals surface area contributed by atoms with E-state index in [0.29, 0.717) is 17.5 Å². The monoisotopic (exact) mass is 238 g/mol. The van der Waals surface area contributed by atoms with Gasteiger partial charge >= 0.3 is 6.01 Å². The van der Waals surface area contributed by atoms with Crippen LogP contribution in [0.1, 0.15) is 5.56 Å². The highest BCUT2D eigenvalue weighted by Crippen LogP contribution is 2.14. The van der Waals surface area contributed by atoms with Crippen LogP contribution in [0.3, 0.4) is 0 Å². The second kappa shape index (κ2) is 4.40. The number of hydrogen-bond acceptors (Lipinski definition) is 4. The first-order valence-electron chi connectivity index (χ1n) is 4.68. The molecule has 1 aromatic carbocycles. The first-order valence-corrected chi connectivity index (χ1v) is 5.05. The third-order valence-electron chi connectivity index (χ3n) is 2.08. The van der Waals surface area contributed by atoms with E-state index in [4.69, 9.17) is 22.1 Å². The van der Waals surface area contributed by atoms with Crippen LogP contribution in [0.25, 0.3) is 0 Å². The fourth-order valence-corrected chi connectivity index (χ4v) is 1.56. The number of ether oxygens (including phenoxy) is 1. The lowest BCUT2D eigenvalue weighted by atomic mass is 10.2. The molecule has 0 bridgehead atoms. The van der Waals surface area contributed by atoms with Crippen molar-refractivity contribution in [3.05, 3.63) is 34.9 Å². The van der Waals surface area contributed by atoms with Gasteiger partial charge in [0.1, 0.15) is 0 Å². The standard InChI is InChI=1S/C10H11ClN4O/c1-16-10-13-9(12)15(14-10)6-7-3-2-4-8(11)5-7/h2-5H,6H2,1H3,(H2,12,13,14). The van der Waals surface area contributed by atoms with E-state index in [1.807, 2.05) is 24.3 Å². The lowest BCUT2D eigenvalue weighted by Gasteiger charge is -2.02. The molecule has 0 fully saturated rings. The van der Waals surface area contributed by atoms with E-state index in [0.717, 1.165) is 5.56 Å². The molecule has 0 aliphatic heterocycles. The van der Waals surface area contributed by atoms with Crippen LogP contribution in [-0.4, -0.2) is 21.9 Å². The van der Waals surface area contributed by atoms with Gasteiger partial charge < -0.3 is 10.5 Å². The van der Waals surface area contributed by atoms with Gasteiger partial charge in [0.15, 0.2) is 0 Å². The number of hydrogen-bond donors (Lipinski definition) is 1. The summed E-state index contributed by atoms with van der Waals surface area (Å²) in [7, 11) is 1.50. The quantitative estimate of drug-likeness (QED) is 0.882. The average molecular weight is 239 g/mol. The summed E-state index contributed by atoms with van der Waals surface area (Å²) >= 11 is 5.88. The van der Waals surface area contributed by atoms with Crippen LogP contribution in [0, 0.1) is 0 Å². The number of benzene rings is 1. The minimum atomic E-state index is 0.263. The van der Waals surface area contributed by atoms with Crippen LogP contribution in [-0.2, 0) is 6.54 Å². The zero-order valence-corrected chi connectivity index (χ0v) is 9.48. The van der Waals surface area contributed by atoms with E-state index in [-0.39, 0.29) is 6.01 Å². The van der Waals surface area contributed by atoms with E-state index >= 15 is 0 Å². The molecular weight excluding hydrogens is 228 g/mol. The summed E-state index contributed by atoms with van der Waals surface area (Å²) < 4.78 is 6.45. The number of nitrogens with zero attached hydrogens (tertiary/aromatic N) is 3. The summed E-state index contributed by atoms with van der Waals surface area (Å²) in [5.74, 6) is 0.317. The molecule has 0 unspecified atom stereocenters.